The first-order valence-electron chi connectivity index (χ1n) is 13.3. The monoisotopic (exact) mass is 552 g/mol. The van der Waals surface area contributed by atoms with Gasteiger partial charge in [-0.15, -0.1) is 0 Å². The van der Waals surface area contributed by atoms with Crippen LogP contribution in [0.4, 0.5) is 21.8 Å². The number of tetrazole rings is 1. The van der Waals surface area contributed by atoms with Crippen LogP contribution in [0, 0.1) is 17.1 Å². The van der Waals surface area contributed by atoms with Crippen molar-refractivity contribution >= 4 is 17.5 Å². The molecule has 0 bridgehead atoms. The highest BCUT2D eigenvalue weighted by atomic mass is 19.1. The molecule has 0 amide bonds. The maximum Gasteiger partial charge on any atom is 0.368 e. The number of halogens is 1. The number of rotatable bonds is 8. The molecule has 2 aliphatic heterocycles. The van der Waals surface area contributed by atoms with Crippen molar-refractivity contribution in [3.63, 3.8) is 0 Å². The second-order valence-corrected chi connectivity index (χ2v) is 11.0. The summed E-state index contributed by atoms with van der Waals surface area (Å²) in [6, 6.07) is 5.14. The number of benzene rings is 1. The van der Waals surface area contributed by atoms with Crippen molar-refractivity contribution < 1.29 is 14.2 Å². The van der Waals surface area contributed by atoms with Crippen LogP contribution in [0.25, 0.3) is 5.69 Å². The Balaban J connectivity index is 1.44. The number of piperidine rings is 1. The zero-order valence-corrected chi connectivity index (χ0v) is 22.9. The summed E-state index contributed by atoms with van der Waals surface area (Å²) in [5.41, 5.74) is -0.204. The number of aryl methyl sites for hydroxylation is 1. The van der Waals surface area contributed by atoms with Crippen molar-refractivity contribution in [2.45, 2.75) is 70.2 Å². The van der Waals surface area contributed by atoms with Crippen molar-refractivity contribution in [3.05, 3.63) is 40.2 Å². The molecule has 2 fully saturated rings. The summed E-state index contributed by atoms with van der Waals surface area (Å²) in [5.74, 6) is -0.280. The van der Waals surface area contributed by atoms with Gasteiger partial charge >= 0.3 is 5.69 Å². The Labute approximate surface area is 230 Å². The molecule has 1 aromatic carbocycles. The molecule has 0 spiro atoms. The molecule has 4 heterocycles. The van der Waals surface area contributed by atoms with Crippen LogP contribution in [0.15, 0.2) is 23.1 Å². The number of hydrogen-bond donors (Lipinski definition) is 3. The summed E-state index contributed by atoms with van der Waals surface area (Å²) in [4.78, 5) is 23.8. The number of nitriles is 1. The molecule has 40 heavy (non-hydrogen) atoms. The zero-order valence-electron chi connectivity index (χ0n) is 22.9. The van der Waals surface area contributed by atoms with Gasteiger partial charge in [0.1, 0.15) is 35.5 Å². The fourth-order valence-corrected chi connectivity index (χ4v) is 5.66. The molecule has 2 aromatic heterocycles. The normalized spacial score (nSPS) is 20.9. The van der Waals surface area contributed by atoms with E-state index in [-0.39, 0.29) is 46.8 Å². The number of aromatic nitrogens is 6. The Morgan fingerprint density at radius 3 is 2.85 bits per heavy atom. The summed E-state index contributed by atoms with van der Waals surface area (Å²) in [5, 5.41) is 33.2. The van der Waals surface area contributed by atoms with Crippen molar-refractivity contribution in [3.8, 4) is 17.5 Å². The van der Waals surface area contributed by atoms with Gasteiger partial charge in [-0.2, -0.15) is 19.6 Å². The van der Waals surface area contributed by atoms with Crippen LogP contribution in [-0.4, -0.2) is 76.6 Å². The van der Waals surface area contributed by atoms with Crippen LogP contribution in [0.3, 0.4) is 0 Å². The second-order valence-electron chi connectivity index (χ2n) is 11.0. The lowest BCUT2D eigenvalue weighted by atomic mass is 9.84. The lowest BCUT2D eigenvalue weighted by Gasteiger charge is -2.47. The van der Waals surface area contributed by atoms with Crippen LogP contribution >= 0.6 is 0 Å². The van der Waals surface area contributed by atoms with E-state index in [1.165, 1.54) is 32.7 Å². The van der Waals surface area contributed by atoms with Crippen molar-refractivity contribution in [2.24, 2.45) is 7.05 Å². The number of anilines is 3. The number of ether oxygens (including phenoxy) is 1. The largest absolute Gasteiger partial charge is 0.489 e. The SMILES string of the molecule is C[C@H](O)COc1cc(F)c(Nc2ncc(C#N)c(N[C@@H]3C[C@@H]4CCCN4C(C)(C)C3)n2)cc1-n1nnn(C)c1=O. The van der Waals surface area contributed by atoms with E-state index in [0.29, 0.717) is 11.9 Å². The molecule has 0 saturated carbocycles. The molecule has 3 aromatic rings. The highest BCUT2D eigenvalue weighted by Crippen LogP contribution is 2.39. The van der Waals surface area contributed by atoms with E-state index in [1.807, 2.05) is 0 Å². The van der Waals surface area contributed by atoms with Gasteiger partial charge in [0.05, 0.1) is 18.0 Å². The summed E-state index contributed by atoms with van der Waals surface area (Å²) in [6.45, 7) is 6.99. The van der Waals surface area contributed by atoms with E-state index in [2.05, 4.69) is 55.8 Å². The average molecular weight is 553 g/mol. The van der Waals surface area contributed by atoms with E-state index in [1.54, 1.807) is 0 Å². The molecular formula is C26H33FN10O3. The first-order valence-corrected chi connectivity index (χ1v) is 13.3. The Morgan fingerprint density at radius 2 is 2.15 bits per heavy atom. The number of aliphatic hydroxyl groups excluding tert-OH is 1. The lowest BCUT2D eigenvalue weighted by molar-refractivity contribution is 0.0501. The molecule has 0 aliphatic carbocycles. The smallest absolute Gasteiger partial charge is 0.368 e. The van der Waals surface area contributed by atoms with Crippen LogP contribution in [0.1, 0.15) is 52.0 Å². The highest BCUT2D eigenvalue weighted by molar-refractivity contribution is 5.64. The van der Waals surface area contributed by atoms with Crippen molar-refractivity contribution in [1.29, 1.82) is 5.26 Å². The van der Waals surface area contributed by atoms with Crippen LogP contribution in [-0.2, 0) is 7.05 Å². The van der Waals surface area contributed by atoms with Gasteiger partial charge in [-0.3, -0.25) is 4.90 Å². The van der Waals surface area contributed by atoms with E-state index in [9.17, 15) is 15.2 Å². The molecule has 2 aliphatic rings. The van der Waals surface area contributed by atoms with Gasteiger partial charge in [0.15, 0.2) is 5.82 Å². The topological polar surface area (TPSA) is 159 Å². The third kappa shape index (κ3) is 5.47. The predicted octanol–water partition coefficient (Wildman–Crippen LogP) is 2.09. The maximum atomic E-state index is 15.2. The fourth-order valence-electron chi connectivity index (χ4n) is 5.66. The van der Waals surface area contributed by atoms with Crippen LogP contribution in [0.2, 0.25) is 0 Å². The van der Waals surface area contributed by atoms with Crippen LogP contribution in [0.5, 0.6) is 5.75 Å². The number of nitrogens with zero attached hydrogens (tertiary/aromatic N) is 8. The van der Waals surface area contributed by atoms with E-state index < -0.39 is 17.6 Å². The van der Waals surface area contributed by atoms with Gasteiger partial charge in [0.2, 0.25) is 5.95 Å². The molecule has 3 atom stereocenters. The third-order valence-electron chi connectivity index (χ3n) is 7.43. The molecule has 212 valence electrons. The van der Waals surface area contributed by atoms with Crippen molar-refractivity contribution in [2.75, 3.05) is 23.8 Å². The summed E-state index contributed by atoms with van der Waals surface area (Å²) < 4.78 is 22.8. The van der Waals surface area contributed by atoms with E-state index in [0.717, 1.165) is 41.2 Å². The molecule has 3 N–H and O–H groups in total. The number of nitrogens with one attached hydrogen (secondary N) is 2. The number of fused-ring (bicyclic) bond motifs is 1. The molecule has 13 nitrogen and oxygen atoms in total. The van der Waals surface area contributed by atoms with Gasteiger partial charge in [-0.1, -0.05) is 0 Å². The first kappa shape index (κ1) is 27.5. The van der Waals surface area contributed by atoms with Crippen LogP contribution < -0.4 is 21.1 Å². The Hall–Kier alpha value is -4.09. The average Bonchev–Trinajstić information content (AvgIpc) is 3.51. The van der Waals surface area contributed by atoms with Gasteiger partial charge in [0, 0.05) is 30.7 Å². The maximum absolute atomic E-state index is 15.2. The van der Waals surface area contributed by atoms with E-state index in [4.69, 9.17) is 4.74 Å². The summed E-state index contributed by atoms with van der Waals surface area (Å²) in [6.07, 6.45) is 4.73. The number of aliphatic hydroxyl groups is 1. The fraction of sp³-hybridized carbons (Fsp3) is 0.538. The standard InChI is InChI=1S/C26H33FN10O3/c1-15(38)14-40-22-9-19(27)20(10-21(22)37-25(39)35(4)33-34-37)31-24-29-13-16(12-28)23(32-24)30-17-8-18-6-5-7-36(18)26(2,3)11-17/h9-10,13,15,17-18,38H,5-8,11,14H2,1-4H3,(H2,29,30,31,32)/t15-,17+,18-/m0/s1. The zero-order chi connectivity index (χ0) is 28.6. The molecule has 0 radical (unpaired) electrons. The Morgan fingerprint density at radius 1 is 1.35 bits per heavy atom. The summed E-state index contributed by atoms with van der Waals surface area (Å²) in [7, 11) is 1.43. The molecular weight excluding hydrogens is 519 g/mol. The third-order valence-corrected chi connectivity index (χ3v) is 7.43. The highest BCUT2D eigenvalue weighted by Gasteiger charge is 2.43. The summed E-state index contributed by atoms with van der Waals surface area (Å²) >= 11 is 0. The minimum Gasteiger partial charge on any atom is -0.489 e. The Bertz CT molecular complexity index is 1490. The molecule has 2 saturated heterocycles. The molecule has 0 unspecified atom stereocenters. The second kappa shape index (κ2) is 10.8. The minimum absolute atomic E-state index is 0.00415. The number of hydrogen-bond acceptors (Lipinski definition) is 11. The predicted molar refractivity (Wildman–Crippen MR) is 144 cm³/mol. The first-order chi connectivity index (χ1) is 19.1. The molecule has 14 heteroatoms. The Kier molecular flexibility index (Phi) is 7.43. The van der Waals surface area contributed by atoms with E-state index >= 15 is 4.39 Å². The van der Waals surface area contributed by atoms with Gasteiger partial charge < -0.3 is 20.5 Å². The lowest BCUT2D eigenvalue weighted by Crippen LogP contribution is -2.55. The molecule has 5 rings (SSSR count). The van der Waals surface area contributed by atoms with Gasteiger partial charge in [-0.25, -0.2) is 14.2 Å². The van der Waals surface area contributed by atoms with Crippen molar-refractivity contribution in [1.82, 2.24) is 34.7 Å². The van der Waals surface area contributed by atoms with Gasteiger partial charge in [0.25, 0.3) is 0 Å². The van der Waals surface area contributed by atoms with Gasteiger partial charge in [-0.05, 0) is 69.5 Å². The minimum atomic E-state index is -0.822. The quantitative estimate of drug-likeness (QED) is 0.376.